The number of hydrogen-bond acceptors (Lipinski definition) is 4. The molecular weight excluding hydrogens is 332 g/mol. The fourth-order valence-electron chi connectivity index (χ4n) is 3.23. The van der Waals surface area contributed by atoms with Gasteiger partial charge in [0.15, 0.2) is 5.58 Å². The van der Waals surface area contributed by atoms with Crippen LogP contribution in [0.25, 0.3) is 16.6 Å². The lowest BCUT2D eigenvalue weighted by atomic mass is 10.2. The maximum absolute atomic E-state index is 13.1. The number of hydrogen-bond donors (Lipinski definition) is 1. The number of amides is 1. The molecule has 0 aliphatic rings. The third-order valence-corrected chi connectivity index (χ3v) is 4.82. The van der Waals surface area contributed by atoms with E-state index in [-0.39, 0.29) is 17.5 Å². The quantitative estimate of drug-likeness (QED) is 0.734. The first-order valence-corrected chi connectivity index (χ1v) is 9.24. The Bertz CT molecular complexity index is 1010. The Labute approximate surface area is 152 Å². The van der Waals surface area contributed by atoms with Crippen LogP contribution in [0.1, 0.15) is 58.2 Å². The van der Waals surface area contributed by atoms with Gasteiger partial charge in [-0.3, -0.25) is 14.0 Å². The highest BCUT2D eigenvalue weighted by Crippen LogP contribution is 2.24. The minimum Gasteiger partial charge on any atom is -0.460 e. The van der Waals surface area contributed by atoms with Crippen LogP contribution in [-0.4, -0.2) is 26.1 Å². The van der Waals surface area contributed by atoms with Crippen molar-refractivity contribution in [1.29, 1.82) is 0 Å². The van der Waals surface area contributed by atoms with Crippen LogP contribution in [0, 0.1) is 6.92 Å². The second kappa shape index (κ2) is 6.97. The minimum atomic E-state index is -0.630. The summed E-state index contributed by atoms with van der Waals surface area (Å²) in [5.74, 6) is 1.34. The molecule has 3 rings (SSSR count). The summed E-state index contributed by atoms with van der Waals surface area (Å²) in [5.41, 5.74) is 1.70. The molecule has 7 nitrogen and oxygen atoms in total. The molecule has 7 heteroatoms. The molecular formula is C19H26N4O3. The van der Waals surface area contributed by atoms with Crippen LogP contribution in [0.4, 0.5) is 0 Å². The summed E-state index contributed by atoms with van der Waals surface area (Å²) in [6, 6.07) is 3.07. The standard InChI is InChI=1S/C19H26N4O3/c1-6-11(4)20-18(24)13(7-2)23-19(25)15-10-16-14(9-12(5)26-16)22(15)17(8-3)21-23/h9-11,13H,6-8H2,1-5H3,(H,20,24). The molecule has 0 aliphatic heterocycles. The normalized spacial score (nSPS) is 14.0. The molecule has 2 atom stereocenters. The van der Waals surface area contributed by atoms with E-state index in [0.717, 1.165) is 23.5 Å². The fraction of sp³-hybridized carbons (Fsp3) is 0.526. The van der Waals surface area contributed by atoms with E-state index in [1.54, 1.807) is 6.07 Å². The van der Waals surface area contributed by atoms with Gasteiger partial charge in [-0.1, -0.05) is 20.8 Å². The Balaban J connectivity index is 2.18. The molecule has 0 fully saturated rings. The predicted molar refractivity (Wildman–Crippen MR) is 101 cm³/mol. The first-order chi connectivity index (χ1) is 12.4. The predicted octanol–water partition coefficient (Wildman–Crippen LogP) is 2.98. The Morgan fingerprint density at radius 2 is 1.96 bits per heavy atom. The van der Waals surface area contributed by atoms with Crippen LogP contribution in [0.5, 0.6) is 0 Å². The first-order valence-electron chi connectivity index (χ1n) is 9.24. The molecule has 0 saturated heterocycles. The van der Waals surface area contributed by atoms with Crippen LogP contribution >= 0.6 is 0 Å². The molecule has 0 spiro atoms. The molecule has 0 aromatic carbocycles. The number of rotatable bonds is 6. The lowest BCUT2D eigenvalue weighted by Crippen LogP contribution is -2.42. The molecule has 3 heterocycles. The zero-order valence-corrected chi connectivity index (χ0v) is 16.0. The van der Waals surface area contributed by atoms with Crippen molar-refractivity contribution in [3.63, 3.8) is 0 Å². The highest BCUT2D eigenvalue weighted by Gasteiger charge is 2.25. The van der Waals surface area contributed by atoms with E-state index in [4.69, 9.17) is 4.42 Å². The largest absolute Gasteiger partial charge is 0.460 e. The highest BCUT2D eigenvalue weighted by atomic mass is 16.3. The number of furan rings is 1. The van der Waals surface area contributed by atoms with Crippen LogP contribution in [0.2, 0.25) is 0 Å². The zero-order valence-electron chi connectivity index (χ0n) is 16.0. The van der Waals surface area contributed by atoms with Crippen molar-refractivity contribution in [2.24, 2.45) is 0 Å². The third kappa shape index (κ3) is 2.91. The van der Waals surface area contributed by atoms with Gasteiger partial charge >= 0.3 is 0 Å². The summed E-state index contributed by atoms with van der Waals surface area (Å²) in [6.07, 6.45) is 1.96. The smallest absolute Gasteiger partial charge is 0.291 e. The van der Waals surface area contributed by atoms with Crippen LogP contribution < -0.4 is 10.9 Å². The van der Waals surface area contributed by atoms with E-state index in [1.165, 1.54) is 4.68 Å². The van der Waals surface area contributed by atoms with Gasteiger partial charge in [-0.15, -0.1) is 0 Å². The van der Waals surface area contributed by atoms with E-state index in [9.17, 15) is 9.59 Å². The van der Waals surface area contributed by atoms with Crippen LogP contribution in [0.3, 0.4) is 0 Å². The second-order valence-electron chi connectivity index (χ2n) is 6.73. The molecule has 0 aliphatic carbocycles. The maximum Gasteiger partial charge on any atom is 0.291 e. The molecule has 3 aromatic rings. The van der Waals surface area contributed by atoms with Crippen molar-refractivity contribution in [1.82, 2.24) is 19.5 Å². The number of carbonyl (C=O) groups excluding carboxylic acids is 1. The zero-order chi connectivity index (χ0) is 19.0. The van der Waals surface area contributed by atoms with Gasteiger partial charge in [0.25, 0.3) is 5.56 Å². The maximum atomic E-state index is 13.1. The van der Waals surface area contributed by atoms with Crippen molar-refractivity contribution in [3.05, 3.63) is 34.1 Å². The Morgan fingerprint density at radius 1 is 1.23 bits per heavy atom. The molecule has 140 valence electrons. The van der Waals surface area contributed by atoms with Crippen LogP contribution in [-0.2, 0) is 11.2 Å². The van der Waals surface area contributed by atoms with E-state index in [1.807, 2.05) is 45.1 Å². The number of aryl methyl sites for hydroxylation is 2. The summed E-state index contributed by atoms with van der Waals surface area (Å²) in [6.45, 7) is 9.70. The third-order valence-electron chi connectivity index (χ3n) is 4.82. The van der Waals surface area contributed by atoms with E-state index < -0.39 is 6.04 Å². The van der Waals surface area contributed by atoms with Crippen molar-refractivity contribution in [3.8, 4) is 0 Å². The number of nitrogens with one attached hydrogen (secondary N) is 1. The lowest BCUT2D eigenvalue weighted by Gasteiger charge is -2.20. The molecule has 0 saturated carbocycles. The van der Waals surface area contributed by atoms with E-state index in [2.05, 4.69) is 10.4 Å². The van der Waals surface area contributed by atoms with Gasteiger partial charge in [-0.05, 0) is 26.7 Å². The van der Waals surface area contributed by atoms with Gasteiger partial charge in [-0.2, -0.15) is 5.10 Å². The van der Waals surface area contributed by atoms with Gasteiger partial charge in [-0.25, -0.2) is 4.68 Å². The van der Waals surface area contributed by atoms with Gasteiger partial charge in [0, 0.05) is 24.6 Å². The molecule has 2 unspecified atom stereocenters. The SMILES string of the molecule is CCc1nn(C(CC)C(=O)NC(C)CC)c(=O)c2cc3oc(C)cc3n12. The summed E-state index contributed by atoms with van der Waals surface area (Å²) >= 11 is 0. The van der Waals surface area contributed by atoms with E-state index >= 15 is 0 Å². The van der Waals surface area contributed by atoms with E-state index in [0.29, 0.717) is 23.9 Å². The number of aromatic nitrogens is 3. The Hall–Kier alpha value is -2.57. The monoisotopic (exact) mass is 358 g/mol. The van der Waals surface area contributed by atoms with Gasteiger partial charge in [0.05, 0.1) is 5.52 Å². The molecule has 1 amide bonds. The molecule has 3 aromatic heterocycles. The fourth-order valence-corrected chi connectivity index (χ4v) is 3.23. The average Bonchev–Trinajstić information content (AvgIpc) is 3.14. The molecule has 26 heavy (non-hydrogen) atoms. The number of fused-ring (bicyclic) bond motifs is 3. The number of nitrogens with zero attached hydrogens (tertiary/aromatic N) is 3. The minimum absolute atomic E-state index is 0.0558. The Morgan fingerprint density at radius 3 is 2.58 bits per heavy atom. The summed E-state index contributed by atoms with van der Waals surface area (Å²) < 4.78 is 8.84. The average molecular weight is 358 g/mol. The van der Waals surface area contributed by atoms with Gasteiger partial charge in [0.1, 0.15) is 23.1 Å². The van der Waals surface area contributed by atoms with Crippen LogP contribution in [0.15, 0.2) is 21.3 Å². The highest BCUT2D eigenvalue weighted by molar-refractivity contribution is 5.84. The molecule has 0 radical (unpaired) electrons. The Kier molecular flexibility index (Phi) is 4.89. The van der Waals surface area contributed by atoms with Gasteiger partial charge in [0.2, 0.25) is 5.91 Å². The molecule has 1 N–H and O–H groups in total. The number of carbonyl (C=O) groups is 1. The lowest BCUT2D eigenvalue weighted by molar-refractivity contribution is -0.125. The first kappa shape index (κ1) is 18.2. The summed E-state index contributed by atoms with van der Waals surface area (Å²) in [5, 5.41) is 7.50. The van der Waals surface area contributed by atoms with Gasteiger partial charge < -0.3 is 9.73 Å². The molecule has 0 bridgehead atoms. The summed E-state index contributed by atoms with van der Waals surface area (Å²) in [4.78, 5) is 25.7. The second-order valence-corrected chi connectivity index (χ2v) is 6.73. The summed E-state index contributed by atoms with van der Waals surface area (Å²) in [7, 11) is 0. The topological polar surface area (TPSA) is 81.5 Å². The van der Waals surface area contributed by atoms with Crippen molar-refractivity contribution < 1.29 is 9.21 Å². The van der Waals surface area contributed by atoms with Crippen molar-refractivity contribution in [2.45, 2.75) is 66.0 Å². The van der Waals surface area contributed by atoms with Crippen molar-refractivity contribution >= 4 is 22.5 Å². The van der Waals surface area contributed by atoms with Crippen molar-refractivity contribution in [2.75, 3.05) is 0 Å².